The van der Waals surface area contributed by atoms with Gasteiger partial charge in [-0.15, -0.1) is 0 Å². The van der Waals surface area contributed by atoms with Gasteiger partial charge >= 0.3 is 17.9 Å². The Morgan fingerprint density at radius 3 is 2.59 bits per heavy atom. The second-order valence-electron chi connectivity index (χ2n) is 4.02. The fraction of sp³-hybridized carbons (Fsp3) is 0.143. The molecule has 0 atom stereocenters. The van der Waals surface area contributed by atoms with E-state index in [0.717, 1.165) is 0 Å². The van der Waals surface area contributed by atoms with Crippen LogP contribution in [0.3, 0.4) is 0 Å². The van der Waals surface area contributed by atoms with Crippen LogP contribution in [0.2, 0.25) is 0 Å². The third-order valence-electron chi connectivity index (χ3n) is 2.31. The van der Waals surface area contributed by atoms with E-state index in [0.29, 0.717) is 22.4 Å². The van der Waals surface area contributed by atoms with Gasteiger partial charge in [-0.1, -0.05) is 15.9 Å². The molecule has 0 spiro atoms. The van der Waals surface area contributed by atoms with E-state index in [1.165, 1.54) is 25.1 Å². The number of esters is 2. The molecule has 0 fully saturated rings. The average Bonchev–Trinajstić information content (AvgIpc) is 2.46. The molecule has 1 aromatic carbocycles. The molecule has 22 heavy (non-hydrogen) atoms. The molecule has 0 heterocycles. The maximum Gasteiger partial charge on any atom is 0.349 e. The molecule has 0 amide bonds. The van der Waals surface area contributed by atoms with Crippen molar-refractivity contribution in [1.29, 1.82) is 0 Å². The molecule has 0 radical (unpaired) electrons. The molecule has 0 bridgehead atoms. The predicted octanol–water partition coefficient (Wildman–Crippen LogP) is 1.74. The molecular weight excluding hydrogens is 360 g/mol. The maximum absolute atomic E-state index is 11.5. The topological polar surface area (TPSA) is 107 Å². The van der Waals surface area contributed by atoms with Crippen LogP contribution in [0, 0.1) is 0 Å². The lowest BCUT2D eigenvalue weighted by atomic mass is 10.2. The van der Waals surface area contributed by atoms with Crippen LogP contribution in [0.15, 0.2) is 34.3 Å². The Hall–Kier alpha value is -2.48. The number of aliphatic carboxylic acids is 1. The summed E-state index contributed by atoms with van der Waals surface area (Å²) in [4.78, 5) is 44.0. The van der Waals surface area contributed by atoms with Crippen molar-refractivity contribution in [2.45, 2.75) is 6.92 Å². The summed E-state index contributed by atoms with van der Waals surface area (Å²) < 4.78 is 10.0. The van der Waals surface area contributed by atoms with Crippen molar-refractivity contribution >= 4 is 40.1 Å². The summed E-state index contributed by atoms with van der Waals surface area (Å²) in [5.41, 5.74) is 0.134. The molecule has 7 nitrogen and oxygen atoms in total. The van der Waals surface area contributed by atoms with Crippen molar-refractivity contribution in [3.63, 3.8) is 0 Å². The smallest absolute Gasteiger partial charge is 0.349 e. The monoisotopic (exact) mass is 370 g/mol. The first kappa shape index (κ1) is 17.6. The van der Waals surface area contributed by atoms with Gasteiger partial charge in [-0.3, -0.25) is 4.79 Å². The number of hydrogen-bond donors (Lipinski definition) is 1. The van der Waals surface area contributed by atoms with Crippen LogP contribution < -0.4 is 4.74 Å². The zero-order valence-corrected chi connectivity index (χ0v) is 13.0. The lowest BCUT2D eigenvalue weighted by molar-refractivity contribution is -0.150. The van der Waals surface area contributed by atoms with Crippen molar-refractivity contribution in [2.24, 2.45) is 0 Å². The lowest BCUT2D eigenvalue weighted by Crippen LogP contribution is -2.19. The van der Waals surface area contributed by atoms with Crippen LogP contribution in [0.1, 0.15) is 17.3 Å². The molecule has 0 unspecified atom stereocenters. The van der Waals surface area contributed by atoms with E-state index >= 15 is 0 Å². The number of carbonyl (C=O) groups is 4. The van der Waals surface area contributed by atoms with Crippen molar-refractivity contribution in [2.75, 3.05) is 6.61 Å². The highest BCUT2D eigenvalue weighted by molar-refractivity contribution is 9.10. The number of ether oxygens (including phenoxy) is 2. The fourth-order valence-corrected chi connectivity index (χ4v) is 1.66. The van der Waals surface area contributed by atoms with Gasteiger partial charge in [0, 0.05) is 21.7 Å². The van der Waals surface area contributed by atoms with Gasteiger partial charge in [0.15, 0.2) is 12.9 Å². The van der Waals surface area contributed by atoms with Crippen LogP contribution >= 0.6 is 15.9 Å². The number of aldehydes is 1. The predicted molar refractivity (Wildman–Crippen MR) is 77.5 cm³/mol. The van der Waals surface area contributed by atoms with E-state index < -0.39 is 24.5 Å². The van der Waals surface area contributed by atoms with Crippen LogP contribution in [-0.2, 0) is 19.1 Å². The third-order valence-corrected chi connectivity index (χ3v) is 3.03. The third kappa shape index (κ3) is 5.49. The summed E-state index contributed by atoms with van der Waals surface area (Å²) in [6, 6.07) is 4.32. The minimum atomic E-state index is -1.30. The molecule has 1 aromatic rings. The first-order valence-corrected chi connectivity index (χ1v) is 6.66. The normalized spacial score (nSPS) is 10.7. The van der Waals surface area contributed by atoms with Crippen molar-refractivity contribution in [3.05, 3.63) is 39.9 Å². The molecule has 0 saturated carbocycles. The van der Waals surface area contributed by atoms with Gasteiger partial charge in [-0.25, -0.2) is 14.4 Å². The molecule has 116 valence electrons. The molecule has 0 aromatic heterocycles. The number of rotatable bonds is 6. The first-order valence-electron chi connectivity index (χ1n) is 5.87. The molecular formula is C14H11BrO7. The highest BCUT2D eigenvalue weighted by Crippen LogP contribution is 2.21. The Morgan fingerprint density at radius 2 is 2.00 bits per heavy atom. The Balaban J connectivity index is 2.59. The Kier molecular flexibility index (Phi) is 6.46. The van der Waals surface area contributed by atoms with Gasteiger partial charge < -0.3 is 14.6 Å². The molecule has 0 aliphatic heterocycles. The average molecular weight is 371 g/mol. The summed E-state index contributed by atoms with van der Waals surface area (Å²) in [6.45, 7) is 0.559. The van der Waals surface area contributed by atoms with Gasteiger partial charge in [0.2, 0.25) is 0 Å². The van der Waals surface area contributed by atoms with E-state index in [1.54, 1.807) is 0 Å². The quantitative estimate of drug-likeness (QED) is 0.351. The van der Waals surface area contributed by atoms with Gasteiger partial charge in [-0.05, 0) is 25.1 Å². The fourth-order valence-electron chi connectivity index (χ4n) is 1.32. The van der Waals surface area contributed by atoms with Crippen molar-refractivity contribution in [3.8, 4) is 5.75 Å². The highest BCUT2D eigenvalue weighted by atomic mass is 79.9. The van der Waals surface area contributed by atoms with Crippen LogP contribution in [0.5, 0.6) is 5.75 Å². The molecule has 0 saturated heterocycles. The van der Waals surface area contributed by atoms with Crippen molar-refractivity contribution < 1.29 is 33.8 Å². The van der Waals surface area contributed by atoms with E-state index in [-0.39, 0.29) is 11.3 Å². The lowest BCUT2D eigenvalue weighted by Gasteiger charge is -2.06. The number of carboxylic acids is 1. The minimum Gasteiger partial charge on any atom is -0.478 e. The van der Waals surface area contributed by atoms with Crippen LogP contribution in [0.25, 0.3) is 0 Å². The molecule has 0 aliphatic rings. The SMILES string of the molecule is C/C(=C/C(=O)O)C(=O)OCC(=O)Oc1ccc(Br)c(C=O)c1. The second kappa shape index (κ2) is 8.08. The summed E-state index contributed by atoms with van der Waals surface area (Å²) in [6.07, 6.45) is 1.25. The number of benzene rings is 1. The standard InChI is InChI=1S/C14H11BrO7/c1-8(4-12(17)18)14(20)21-7-13(19)22-10-2-3-11(15)9(5-10)6-16/h2-6H,7H2,1H3,(H,17,18)/b8-4-. The van der Waals surface area contributed by atoms with Gasteiger partial charge in [0.05, 0.1) is 0 Å². The number of carboxylic acid groups (broad SMARTS) is 1. The molecule has 1 rings (SSSR count). The number of halogens is 1. The Morgan fingerprint density at radius 1 is 1.32 bits per heavy atom. The Bertz CT molecular complexity index is 649. The van der Waals surface area contributed by atoms with Gasteiger partial charge in [0.1, 0.15) is 5.75 Å². The first-order chi connectivity index (χ1) is 10.3. The minimum absolute atomic E-state index is 0.115. The number of carbonyl (C=O) groups excluding carboxylic acids is 3. The Labute approximate surface area is 133 Å². The molecule has 8 heteroatoms. The maximum atomic E-state index is 11.5. The molecule has 1 N–H and O–H groups in total. The second-order valence-corrected chi connectivity index (χ2v) is 4.87. The highest BCUT2D eigenvalue weighted by Gasteiger charge is 2.13. The van der Waals surface area contributed by atoms with Crippen LogP contribution in [-0.4, -0.2) is 35.9 Å². The van der Waals surface area contributed by atoms with E-state index in [4.69, 9.17) is 9.84 Å². The largest absolute Gasteiger partial charge is 0.478 e. The molecule has 0 aliphatic carbocycles. The summed E-state index contributed by atoms with van der Waals surface area (Å²) in [5, 5.41) is 8.47. The van der Waals surface area contributed by atoms with E-state index in [2.05, 4.69) is 20.7 Å². The zero-order valence-electron chi connectivity index (χ0n) is 11.4. The van der Waals surface area contributed by atoms with Gasteiger partial charge in [0.25, 0.3) is 0 Å². The summed E-state index contributed by atoms with van der Waals surface area (Å²) >= 11 is 3.15. The van der Waals surface area contributed by atoms with E-state index in [1.807, 2.05) is 0 Å². The van der Waals surface area contributed by atoms with E-state index in [9.17, 15) is 19.2 Å². The summed E-state index contributed by atoms with van der Waals surface area (Å²) in [7, 11) is 0. The van der Waals surface area contributed by atoms with Gasteiger partial charge in [-0.2, -0.15) is 0 Å². The zero-order chi connectivity index (χ0) is 16.7. The van der Waals surface area contributed by atoms with Crippen LogP contribution in [0.4, 0.5) is 0 Å². The summed E-state index contributed by atoms with van der Waals surface area (Å²) in [5.74, 6) is -2.99. The number of hydrogen-bond acceptors (Lipinski definition) is 6. The van der Waals surface area contributed by atoms with Crippen molar-refractivity contribution in [1.82, 2.24) is 0 Å².